The Labute approximate surface area is 102 Å². The van der Waals surface area contributed by atoms with Gasteiger partial charge in [-0.2, -0.15) is 0 Å². The van der Waals surface area contributed by atoms with Crippen LogP contribution in [0, 0.1) is 0 Å². The monoisotopic (exact) mass is 237 g/mol. The summed E-state index contributed by atoms with van der Waals surface area (Å²) in [5, 5.41) is 0. The molecule has 0 aliphatic heterocycles. The molecule has 0 unspecified atom stereocenters. The zero-order valence-corrected chi connectivity index (χ0v) is 10.9. The van der Waals surface area contributed by atoms with Crippen LogP contribution in [0.15, 0.2) is 24.3 Å². The third-order valence-corrected chi connectivity index (χ3v) is 3.36. The molecule has 1 amide bonds. The van der Waals surface area contributed by atoms with Crippen molar-refractivity contribution in [1.82, 2.24) is 0 Å². The summed E-state index contributed by atoms with van der Waals surface area (Å²) in [6.07, 6.45) is 0. The summed E-state index contributed by atoms with van der Waals surface area (Å²) >= 11 is 1.55. The van der Waals surface area contributed by atoms with E-state index in [1.54, 1.807) is 11.8 Å². The second-order valence-corrected chi connectivity index (χ2v) is 5.89. The molecule has 2 nitrogen and oxygen atoms in total. The van der Waals surface area contributed by atoms with Gasteiger partial charge < -0.3 is 5.73 Å². The topological polar surface area (TPSA) is 43.1 Å². The quantitative estimate of drug-likeness (QED) is 0.875. The standard InChI is InChI=1S/C13H19NOS/c1-13(2,3)11-6-4-10(5-7-11)8-16-9-12(14)15/h4-7H,8-9H2,1-3H3,(H2,14,15). The van der Waals surface area contributed by atoms with Gasteiger partial charge in [0.1, 0.15) is 0 Å². The van der Waals surface area contributed by atoms with Crippen LogP contribution in [0.3, 0.4) is 0 Å². The van der Waals surface area contributed by atoms with Crippen molar-refractivity contribution in [2.45, 2.75) is 31.9 Å². The lowest BCUT2D eigenvalue weighted by Gasteiger charge is -2.19. The van der Waals surface area contributed by atoms with Crippen molar-refractivity contribution < 1.29 is 4.79 Å². The van der Waals surface area contributed by atoms with E-state index < -0.39 is 0 Å². The number of amides is 1. The summed E-state index contributed by atoms with van der Waals surface area (Å²) in [5.74, 6) is 0.977. The zero-order valence-electron chi connectivity index (χ0n) is 10.1. The molecule has 2 N–H and O–H groups in total. The molecule has 0 spiro atoms. The van der Waals surface area contributed by atoms with E-state index in [9.17, 15) is 4.79 Å². The molecular formula is C13H19NOS. The second-order valence-electron chi connectivity index (χ2n) is 4.91. The molecule has 0 aliphatic carbocycles. The van der Waals surface area contributed by atoms with Gasteiger partial charge in [-0.25, -0.2) is 0 Å². The van der Waals surface area contributed by atoms with E-state index in [-0.39, 0.29) is 11.3 Å². The van der Waals surface area contributed by atoms with Crippen LogP contribution >= 0.6 is 11.8 Å². The van der Waals surface area contributed by atoms with Crippen LogP contribution in [0.25, 0.3) is 0 Å². The summed E-state index contributed by atoms with van der Waals surface area (Å²) in [6.45, 7) is 6.59. The number of carbonyl (C=O) groups is 1. The average Bonchev–Trinajstić information content (AvgIpc) is 2.16. The van der Waals surface area contributed by atoms with Gasteiger partial charge in [-0.1, -0.05) is 45.0 Å². The Morgan fingerprint density at radius 1 is 1.25 bits per heavy atom. The second kappa shape index (κ2) is 5.39. The molecule has 0 saturated carbocycles. The fourth-order valence-electron chi connectivity index (χ4n) is 1.37. The molecule has 0 aromatic heterocycles. The summed E-state index contributed by atoms with van der Waals surface area (Å²) in [6, 6.07) is 8.55. The largest absolute Gasteiger partial charge is 0.369 e. The van der Waals surface area contributed by atoms with Crippen LogP contribution in [0.1, 0.15) is 31.9 Å². The number of primary amides is 1. The zero-order chi connectivity index (χ0) is 12.2. The van der Waals surface area contributed by atoms with Crippen LogP contribution in [-0.4, -0.2) is 11.7 Å². The number of thioether (sulfide) groups is 1. The molecule has 0 fully saturated rings. The lowest BCUT2D eigenvalue weighted by molar-refractivity contribution is -0.115. The van der Waals surface area contributed by atoms with Crippen molar-refractivity contribution >= 4 is 17.7 Å². The summed E-state index contributed by atoms with van der Waals surface area (Å²) in [7, 11) is 0. The van der Waals surface area contributed by atoms with Crippen molar-refractivity contribution in [2.24, 2.45) is 5.73 Å². The summed E-state index contributed by atoms with van der Waals surface area (Å²) in [4.78, 5) is 10.6. The highest BCUT2D eigenvalue weighted by Gasteiger charge is 2.12. The molecule has 1 aromatic carbocycles. The number of nitrogens with two attached hydrogens (primary N) is 1. The minimum atomic E-state index is -0.253. The average molecular weight is 237 g/mol. The van der Waals surface area contributed by atoms with Gasteiger partial charge >= 0.3 is 0 Å². The van der Waals surface area contributed by atoms with E-state index >= 15 is 0 Å². The van der Waals surface area contributed by atoms with Gasteiger partial charge in [-0.05, 0) is 16.5 Å². The van der Waals surface area contributed by atoms with Crippen molar-refractivity contribution in [2.75, 3.05) is 5.75 Å². The van der Waals surface area contributed by atoms with E-state index in [1.165, 1.54) is 11.1 Å². The highest BCUT2D eigenvalue weighted by molar-refractivity contribution is 7.99. The van der Waals surface area contributed by atoms with Crippen molar-refractivity contribution in [3.05, 3.63) is 35.4 Å². The summed E-state index contributed by atoms with van der Waals surface area (Å²) < 4.78 is 0. The smallest absolute Gasteiger partial charge is 0.227 e. The maximum Gasteiger partial charge on any atom is 0.227 e. The van der Waals surface area contributed by atoms with E-state index in [2.05, 4.69) is 45.0 Å². The number of hydrogen-bond donors (Lipinski definition) is 1. The summed E-state index contributed by atoms with van der Waals surface area (Å²) in [5.41, 5.74) is 7.84. The Bertz CT molecular complexity index is 351. The first-order valence-corrected chi connectivity index (χ1v) is 6.50. The molecule has 1 aromatic rings. The maximum absolute atomic E-state index is 10.6. The van der Waals surface area contributed by atoms with Crippen LogP contribution in [-0.2, 0) is 16.0 Å². The van der Waals surface area contributed by atoms with E-state index in [4.69, 9.17) is 5.73 Å². The molecule has 0 bridgehead atoms. The van der Waals surface area contributed by atoms with E-state index in [1.807, 2.05) is 0 Å². The number of hydrogen-bond acceptors (Lipinski definition) is 2. The molecule has 0 radical (unpaired) electrons. The number of benzene rings is 1. The molecule has 0 atom stereocenters. The molecule has 16 heavy (non-hydrogen) atoms. The first kappa shape index (κ1) is 13.1. The SMILES string of the molecule is CC(C)(C)c1ccc(CSCC(N)=O)cc1. The van der Waals surface area contributed by atoms with Gasteiger partial charge in [0.05, 0.1) is 5.75 Å². The van der Waals surface area contributed by atoms with E-state index in [0.29, 0.717) is 5.75 Å². The van der Waals surface area contributed by atoms with Gasteiger partial charge in [0.2, 0.25) is 5.91 Å². The van der Waals surface area contributed by atoms with Gasteiger partial charge in [0.25, 0.3) is 0 Å². The lowest BCUT2D eigenvalue weighted by Crippen LogP contribution is -2.13. The van der Waals surface area contributed by atoms with E-state index in [0.717, 1.165) is 5.75 Å². The van der Waals surface area contributed by atoms with Crippen LogP contribution in [0.5, 0.6) is 0 Å². The fraction of sp³-hybridized carbons (Fsp3) is 0.462. The Balaban J connectivity index is 2.55. The molecule has 0 saturated heterocycles. The highest BCUT2D eigenvalue weighted by Crippen LogP contribution is 2.23. The Hall–Kier alpha value is -0.960. The predicted octanol–water partition coefficient (Wildman–Crippen LogP) is 2.70. The molecule has 0 aliphatic rings. The van der Waals surface area contributed by atoms with Gasteiger partial charge in [-0.15, -0.1) is 11.8 Å². The van der Waals surface area contributed by atoms with Gasteiger partial charge in [0.15, 0.2) is 0 Å². The first-order valence-electron chi connectivity index (χ1n) is 5.35. The molecular weight excluding hydrogens is 218 g/mol. The Morgan fingerprint density at radius 3 is 2.25 bits per heavy atom. The lowest BCUT2D eigenvalue weighted by atomic mass is 9.87. The minimum absolute atomic E-state index is 0.193. The molecule has 0 heterocycles. The minimum Gasteiger partial charge on any atom is -0.369 e. The van der Waals surface area contributed by atoms with Crippen LogP contribution in [0.2, 0.25) is 0 Å². The van der Waals surface area contributed by atoms with Gasteiger partial charge in [-0.3, -0.25) is 4.79 Å². The predicted molar refractivity (Wildman–Crippen MR) is 70.5 cm³/mol. The fourth-order valence-corrected chi connectivity index (χ4v) is 2.10. The maximum atomic E-state index is 10.6. The number of rotatable bonds is 4. The van der Waals surface area contributed by atoms with Crippen LogP contribution in [0.4, 0.5) is 0 Å². The number of carbonyl (C=O) groups excluding carboxylic acids is 1. The normalized spacial score (nSPS) is 11.4. The third kappa shape index (κ3) is 4.27. The molecule has 3 heteroatoms. The third-order valence-electron chi connectivity index (χ3n) is 2.33. The van der Waals surface area contributed by atoms with Crippen molar-refractivity contribution in [3.8, 4) is 0 Å². The molecule has 88 valence electrons. The van der Waals surface area contributed by atoms with Gasteiger partial charge in [0, 0.05) is 5.75 Å². The Morgan fingerprint density at radius 2 is 1.81 bits per heavy atom. The Kier molecular flexibility index (Phi) is 4.42. The van der Waals surface area contributed by atoms with Crippen molar-refractivity contribution in [3.63, 3.8) is 0 Å². The highest BCUT2D eigenvalue weighted by atomic mass is 32.2. The van der Waals surface area contributed by atoms with Crippen molar-refractivity contribution in [1.29, 1.82) is 0 Å². The first-order chi connectivity index (χ1) is 7.39. The molecule has 1 rings (SSSR count). The van der Waals surface area contributed by atoms with Crippen LogP contribution < -0.4 is 5.73 Å².